The number of carboxylic acid groups (broad SMARTS) is 1. The number of rotatable bonds is 8. The molecule has 2 atom stereocenters. The van der Waals surface area contributed by atoms with Gasteiger partial charge in [-0.05, 0) is 41.3 Å². The molecular formula is C20H22FNO5. The van der Waals surface area contributed by atoms with Crippen molar-refractivity contribution in [1.82, 2.24) is 5.32 Å². The Labute approximate surface area is 156 Å². The first-order chi connectivity index (χ1) is 12.8. The number of amides is 1. The maximum Gasteiger partial charge on any atom is 0.330 e. The fourth-order valence-electron chi connectivity index (χ4n) is 2.71. The molecule has 0 saturated carbocycles. The van der Waals surface area contributed by atoms with Gasteiger partial charge in [-0.3, -0.25) is 4.79 Å². The second-order valence-corrected chi connectivity index (χ2v) is 6.11. The minimum atomic E-state index is -1.35. The Bertz CT molecular complexity index is 824. The first-order valence-electron chi connectivity index (χ1n) is 8.35. The SMILES string of the molecule is COc1cccc(C(C)CC(=O)NC(C(=O)O)c2ccc(OC)c(F)c2)c1. The molecule has 2 rings (SSSR count). The number of methoxy groups -OCH3 is 2. The topological polar surface area (TPSA) is 84.9 Å². The Morgan fingerprint density at radius 1 is 1.11 bits per heavy atom. The normalized spacial score (nSPS) is 12.7. The highest BCUT2D eigenvalue weighted by Crippen LogP contribution is 2.25. The van der Waals surface area contributed by atoms with E-state index in [-0.39, 0.29) is 23.7 Å². The lowest BCUT2D eigenvalue weighted by molar-refractivity contribution is -0.142. The molecule has 0 aliphatic carbocycles. The van der Waals surface area contributed by atoms with Gasteiger partial charge in [0.05, 0.1) is 14.2 Å². The average molecular weight is 375 g/mol. The van der Waals surface area contributed by atoms with Crippen LogP contribution in [0, 0.1) is 5.82 Å². The van der Waals surface area contributed by atoms with Crippen molar-refractivity contribution in [2.24, 2.45) is 0 Å². The van der Waals surface area contributed by atoms with Crippen LogP contribution in [0.1, 0.15) is 36.4 Å². The first-order valence-corrected chi connectivity index (χ1v) is 8.35. The lowest BCUT2D eigenvalue weighted by atomic mass is 9.96. The summed E-state index contributed by atoms with van der Waals surface area (Å²) >= 11 is 0. The van der Waals surface area contributed by atoms with Crippen LogP contribution in [-0.4, -0.2) is 31.2 Å². The minimum Gasteiger partial charge on any atom is -0.497 e. The Morgan fingerprint density at radius 2 is 1.85 bits per heavy atom. The molecule has 7 heteroatoms. The van der Waals surface area contributed by atoms with Crippen molar-refractivity contribution in [2.75, 3.05) is 14.2 Å². The van der Waals surface area contributed by atoms with E-state index in [4.69, 9.17) is 9.47 Å². The van der Waals surface area contributed by atoms with Crippen LogP contribution in [0.5, 0.6) is 11.5 Å². The van der Waals surface area contributed by atoms with Gasteiger partial charge in [-0.1, -0.05) is 25.1 Å². The second-order valence-electron chi connectivity index (χ2n) is 6.11. The van der Waals surface area contributed by atoms with E-state index in [2.05, 4.69) is 5.32 Å². The third kappa shape index (κ3) is 5.20. The molecule has 2 aromatic carbocycles. The second kappa shape index (κ2) is 9.02. The van der Waals surface area contributed by atoms with Gasteiger partial charge < -0.3 is 19.9 Å². The van der Waals surface area contributed by atoms with E-state index in [9.17, 15) is 19.1 Å². The summed E-state index contributed by atoms with van der Waals surface area (Å²) in [6.45, 7) is 1.86. The average Bonchev–Trinajstić information content (AvgIpc) is 2.65. The van der Waals surface area contributed by atoms with Gasteiger partial charge in [-0.2, -0.15) is 0 Å². The van der Waals surface area contributed by atoms with Crippen LogP contribution in [0.4, 0.5) is 4.39 Å². The first kappa shape index (κ1) is 20.2. The number of hydrogen-bond acceptors (Lipinski definition) is 4. The van der Waals surface area contributed by atoms with Gasteiger partial charge in [-0.15, -0.1) is 0 Å². The van der Waals surface area contributed by atoms with Crippen molar-refractivity contribution in [2.45, 2.75) is 25.3 Å². The Hall–Kier alpha value is -3.09. The molecular weight excluding hydrogens is 353 g/mol. The maximum absolute atomic E-state index is 13.9. The van der Waals surface area contributed by atoms with Crippen LogP contribution in [0.3, 0.4) is 0 Å². The van der Waals surface area contributed by atoms with Gasteiger partial charge in [0.1, 0.15) is 5.75 Å². The monoisotopic (exact) mass is 375 g/mol. The third-order valence-electron chi connectivity index (χ3n) is 4.22. The number of carbonyl (C=O) groups excluding carboxylic acids is 1. The van der Waals surface area contributed by atoms with Crippen molar-refractivity contribution >= 4 is 11.9 Å². The molecule has 144 valence electrons. The largest absolute Gasteiger partial charge is 0.497 e. The van der Waals surface area contributed by atoms with Crippen molar-refractivity contribution in [3.05, 3.63) is 59.4 Å². The van der Waals surface area contributed by atoms with Crippen LogP contribution in [0.25, 0.3) is 0 Å². The van der Waals surface area contributed by atoms with E-state index in [1.54, 1.807) is 13.2 Å². The van der Waals surface area contributed by atoms with Crippen LogP contribution in [0.15, 0.2) is 42.5 Å². The smallest absolute Gasteiger partial charge is 0.330 e. The van der Waals surface area contributed by atoms with Gasteiger partial charge in [0.25, 0.3) is 0 Å². The maximum atomic E-state index is 13.9. The summed E-state index contributed by atoms with van der Waals surface area (Å²) in [5, 5.41) is 11.9. The zero-order chi connectivity index (χ0) is 20.0. The van der Waals surface area contributed by atoms with Gasteiger partial charge in [0.15, 0.2) is 17.6 Å². The highest BCUT2D eigenvalue weighted by molar-refractivity contribution is 5.85. The lowest BCUT2D eigenvalue weighted by Crippen LogP contribution is -2.34. The van der Waals surface area contributed by atoms with E-state index in [1.807, 2.05) is 25.1 Å². The third-order valence-corrected chi connectivity index (χ3v) is 4.22. The van der Waals surface area contributed by atoms with E-state index in [0.717, 1.165) is 11.6 Å². The van der Waals surface area contributed by atoms with Crippen LogP contribution in [0.2, 0.25) is 0 Å². The number of carboxylic acids is 1. The van der Waals surface area contributed by atoms with Crippen molar-refractivity contribution in [3.63, 3.8) is 0 Å². The molecule has 0 aliphatic heterocycles. The Kier molecular flexibility index (Phi) is 6.76. The molecule has 6 nitrogen and oxygen atoms in total. The standard InChI is InChI=1S/C20H22FNO5/c1-12(13-5-4-6-15(10-13)26-2)9-18(23)22-19(20(24)25)14-7-8-17(27-3)16(21)11-14/h4-8,10-12,19H,9H2,1-3H3,(H,22,23)(H,24,25). The van der Waals surface area contributed by atoms with Gasteiger partial charge >= 0.3 is 5.97 Å². The molecule has 27 heavy (non-hydrogen) atoms. The van der Waals surface area contributed by atoms with Crippen LogP contribution in [-0.2, 0) is 9.59 Å². The summed E-state index contributed by atoms with van der Waals surface area (Å²) in [5.74, 6) is -1.89. The van der Waals surface area contributed by atoms with Crippen LogP contribution < -0.4 is 14.8 Å². The predicted octanol–water partition coefficient (Wildman–Crippen LogP) is 3.28. The molecule has 2 aromatic rings. The highest BCUT2D eigenvalue weighted by Gasteiger charge is 2.24. The van der Waals surface area contributed by atoms with E-state index in [0.29, 0.717) is 5.75 Å². The van der Waals surface area contributed by atoms with E-state index >= 15 is 0 Å². The number of nitrogens with one attached hydrogen (secondary N) is 1. The molecule has 0 saturated heterocycles. The van der Waals surface area contributed by atoms with E-state index < -0.39 is 23.7 Å². The minimum absolute atomic E-state index is 0.000799. The molecule has 2 N–H and O–H groups in total. The molecule has 1 amide bonds. The molecule has 0 heterocycles. The number of hydrogen-bond donors (Lipinski definition) is 2. The van der Waals surface area contributed by atoms with Gasteiger partial charge in [-0.25, -0.2) is 9.18 Å². The number of aliphatic carboxylic acids is 1. The quantitative estimate of drug-likeness (QED) is 0.740. The lowest BCUT2D eigenvalue weighted by Gasteiger charge is -2.18. The van der Waals surface area contributed by atoms with Crippen LogP contribution >= 0.6 is 0 Å². The molecule has 0 spiro atoms. The van der Waals surface area contributed by atoms with Crippen molar-refractivity contribution in [3.8, 4) is 11.5 Å². The number of carbonyl (C=O) groups is 2. The fraction of sp³-hybridized carbons (Fsp3) is 0.300. The molecule has 0 aliphatic rings. The number of ether oxygens (including phenoxy) is 2. The van der Waals surface area contributed by atoms with Crippen molar-refractivity contribution in [1.29, 1.82) is 0 Å². The predicted molar refractivity (Wildman–Crippen MR) is 97.5 cm³/mol. The molecule has 2 unspecified atom stereocenters. The zero-order valence-corrected chi connectivity index (χ0v) is 15.4. The number of halogens is 1. The summed E-state index contributed by atoms with van der Waals surface area (Å²) in [6, 6.07) is 9.74. The fourth-order valence-corrected chi connectivity index (χ4v) is 2.71. The van der Waals surface area contributed by atoms with E-state index in [1.165, 1.54) is 19.2 Å². The summed E-state index contributed by atoms with van der Waals surface area (Å²) in [5.41, 5.74) is 1.02. The Morgan fingerprint density at radius 3 is 2.44 bits per heavy atom. The van der Waals surface area contributed by atoms with Crippen molar-refractivity contribution < 1.29 is 28.6 Å². The highest BCUT2D eigenvalue weighted by atomic mass is 19.1. The summed E-state index contributed by atoms with van der Waals surface area (Å²) < 4.78 is 23.9. The summed E-state index contributed by atoms with van der Waals surface area (Å²) in [6.07, 6.45) is 0.0790. The van der Waals surface area contributed by atoms with Gasteiger partial charge in [0, 0.05) is 6.42 Å². The molecule has 0 radical (unpaired) electrons. The summed E-state index contributed by atoms with van der Waals surface area (Å²) in [4.78, 5) is 23.9. The zero-order valence-electron chi connectivity index (χ0n) is 15.4. The number of benzene rings is 2. The molecule has 0 bridgehead atoms. The Balaban J connectivity index is 2.10. The van der Waals surface area contributed by atoms with Gasteiger partial charge in [0.2, 0.25) is 5.91 Å². The molecule has 0 aromatic heterocycles. The molecule has 0 fully saturated rings. The summed E-state index contributed by atoms with van der Waals surface area (Å²) in [7, 11) is 2.87.